The molecule has 0 heterocycles. The molecular weight excluding hydrogens is 212 g/mol. The van der Waals surface area contributed by atoms with Crippen LogP contribution in [0.4, 0.5) is 0 Å². The summed E-state index contributed by atoms with van der Waals surface area (Å²) in [6, 6.07) is 0. The van der Waals surface area contributed by atoms with Gasteiger partial charge in [0.15, 0.2) is 0 Å². The first-order valence-electron chi connectivity index (χ1n) is 3.97. The summed E-state index contributed by atoms with van der Waals surface area (Å²) in [4.78, 5) is 11.1. The Morgan fingerprint density at radius 2 is 2.00 bits per heavy atom. The quantitative estimate of drug-likeness (QED) is 0.383. The molecule has 0 saturated carbocycles. The van der Waals surface area contributed by atoms with Gasteiger partial charge in [-0.05, 0) is 6.08 Å². The summed E-state index contributed by atoms with van der Waals surface area (Å²) in [5.41, 5.74) is -0.0422. The van der Waals surface area contributed by atoms with Crippen molar-refractivity contribution in [3.8, 4) is 0 Å². The molecule has 0 unspecified atom stereocenters. The second-order valence-electron chi connectivity index (χ2n) is 2.99. The van der Waals surface area contributed by atoms with Crippen molar-refractivity contribution < 1.29 is 24.9 Å². The fraction of sp³-hybridized carbons (Fsp3) is 0.625. The van der Waals surface area contributed by atoms with Crippen LogP contribution >= 0.6 is 11.6 Å². The van der Waals surface area contributed by atoms with Gasteiger partial charge in [-0.15, -0.1) is 11.6 Å². The van der Waals surface area contributed by atoms with Crippen LogP contribution in [0.1, 0.15) is 0 Å². The molecule has 5 nitrogen and oxygen atoms in total. The third-order valence-corrected chi connectivity index (χ3v) is 2.56. The van der Waals surface area contributed by atoms with E-state index in [1.807, 2.05) is 0 Å². The topological polar surface area (TPSA) is 87.0 Å². The number of carbonyl (C=O) groups excluding carboxylic acids is 1. The Bertz CT molecular complexity index is 264. The van der Waals surface area contributed by atoms with Crippen molar-refractivity contribution in [2.24, 2.45) is 0 Å². The molecular formula is C8H11ClO5. The Balaban J connectivity index is 2.95. The molecule has 0 radical (unpaired) electrons. The molecule has 3 N–H and O–H groups in total. The van der Waals surface area contributed by atoms with E-state index >= 15 is 0 Å². The number of alkyl halides is 1. The summed E-state index contributed by atoms with van der Waals surface area (Å²) >= 11 is 5.68. The number of rotatable bonds is 1. The van der Waals surface area contributed by atoms with Crippen LogP contribution in [0.3, 0.4) is 0 Å². The van der Waals surface area contributed by atoms with Crippen LogP contribution in [0.2, 0.25) is 0 Å². The Morgan fingerprint density at radius 1 is 1.43 bits per heavy atom. The highest BCUT2D eigenvalue weighted by Crippen LogP contribution is 2.25. The summed E-state index contributed by atoms with van der Waals surface area (Å²) in [6.45, 7) is 0. The van der Waals surface area contributed by atoms with Gasteiger partial charge in [0.25, 0.3) is 0 Å². The van der Waals surface area contributed by atoms with E-state index in [0.717, 1.165) is 13.2 Å². The van der Waals surface area contributed by atoms with Crippen molar-refractivity contribution in [1.29, 1.82) is 0 Å². The number of esters is 1. The van der Waals surface area contributed by atoms with Gasteiger partial charge in [-0.2, -0.15) is 0 Å². The second-order valence-corrected chi connectivity index (χ2v) is 3.46. The van der Waals surface area contributed by atoms with Gasteiger partial charge in [0.2, 0.25) is 0 Å². The predicted molar refractivity (Wildman–Crippen MR) is 47.8 cm³/mol. The van der Waals surface area contributed by atoms with E-state index in [2.05, 4.69) is 4.74 Å². The van der Waals surface area contributed by atoms with Gasteiger partial charge in [-0.25, -0.2) is 4.79 Å². The van der Waals surface area contributed by atoms with Gasteiger partial charge in [0.05, 0.1) is 18.1 Å². The first kappa shape index (κ1) is 11.5. The first-order chi connectivity index (χ1) is 6.49. The van der Waals surface area contributed by atoms with Crippen molar-refractivity contribution in [2.45, 2.75) is 23.7 Å². The average molecular weight is 223 g/mol. The van der Waals surface area contributed by atoms with E-state index in [9.17, 15) is 20.1 Å². The molecule has 1 rings (SSSR count). The number of halogens is 1. The van der Waals surface area contributed by atoms with Crippen LogP contribution in [0, 0.1) is 0 Å². The van der Waals surface area contributed by atoms with Crippen LogP contribution in [-0.4, -0.2) is 52.1 Å². The maximum absolute atomic E-state index is 11.1. The maximum atomic E-state index is 11.1. The fourth-order valence-electron chi connectivity index (χ4n) is 1.23. The van der Waals surface area contributed by atoms with Gasteiger partial charge < -0.3 is 20.1 Å². The molecule has 0 fully saturated rings. The van der Waals surface area contributed by atoms with Crippen molar-refractivity contribution in [3.63, 3.8) is 0 Å². The molecule has 4 atom stereocenters. The van der Waals surface area contributed by atoms with Gasteiger partial charge in [0, 0.05) is 0 Å². The smallest absolute Gasteiger partial charge is 0.335 e. The minimum Gasteiger partial charge on any atom is -0.466 e. The zero-order valence-electron chi connectivity index (χ0n) is 7.42. The minimum atomic E-state index is -1.38. The van der Waals surface area contributed by atoms with Gasteiger partial charge in [0.1, 0.15) is 18.3 Å². The maximum Gasteiger partial charge on any atom is 0.335 e. The molecule has 14 heavy (non-hydrogen) atoms. The molecule has 0 bridgehead atoms. The van der Waals surface area contributed by atoms with Crippen LogP contribution < -0.4 is 0 Å². The van der Waals surface area contributed by atoms with Crippen LogP contribution in [0.5, 0.6) is 0 Å². The molecule has 0 spiro atoms. The summed E-state index contributed by atoms with van der Waals surface area (Å²) in [6.07, 6.45) is -2.99. The van der Waals surface area contributed by atoms with Crippen LogP contribution in [0.15, 0.2) is 11.6 Å². The lowest BCUT2D eigenvalue weighted by Crippen LogP contribution is -2.47. The molecule has 0 saturated heterocycles. The average Bonchev–Trinajstić information content (AvgIpc) is 2.19. The summed E-state index contributed by atoms with van der Waals surface area (Å²) < 4.78 is 4.40. The third-order valence-electron chi connectivity index (χ3n) is 2.07. The molecule has 80 valence electrons. The van der Waals surface area contributed by atoms with Gasteiger partial charge in [-0.3, -0.25) is 0 Å². The van der Waals surface area contributed by atoms with E-state index in [1.165, 1.54) is 0 Å². The second kappa shape index (κ2) is 4.27. The lowest BCUT2D eigenvalue weighted by molar-refractivity contribution is -0.137. The third kappa shape index (κ3) is 1.90. The molecule has 1 aliphatic carbocycles. The van der Waals surface area contributed by atoms with Crippen molar-refractivity contribution >= 4 is 17.6 Å². The summed E-state index contributed by atoms with van der Waals surface area (Å²) in [7, 11) is 1.16. The van der Waals surface area contributed by atoms with Crippen LogP contribution in [0.25, 0.3) is 0 Å². The van der Waals surface area contributed by atoms with Crippen LogP contribution in [-0.2, 0) is 9.53 Å². The zero-order valence-corrected chi connectivity index (χ0v) is 8.18. The number of hydrogen-bond donors (Lipinski definition) is 3. The van der Waals surface area contributed by atoms with E-state index < -0.39 is 29.7 Å². The minimum absolute atomic E-state index is 0.0422. The normalized spacial score (nSPS) is 37.6. The highest BCUT2D eigenvalue weighted by atomic mass is 35.5. The Morgan fingerprint density at radius 3 is 2.50 bits per heavy atom. The fourth-order valence-corrected chi connectivity index (χ4v) is 1.54. The molecule has 0 aromatic heterocycles. The standard InChI is InChI=1S/C8H11ClO5/c1-14-8(13)3-2-4(10)6(11)7(12)5(3)9/h2,4-7,10-12H,1H3/t4-,5-,6-,7-/m1/s1. The molecule has 1 aliphatic rings. The number of carbonyl (C=O) groups is 1. The highest BCUT2D eigenvalue weighted by Gasteiger charge is 2.39. The highest BCUT2D eigenvalue weighted by molar-refractivity contribution is 6.25. The van der Waals surface area contributed by atoms with E-state index in [-0.39, 0.29) is 5.57 Å². The summed E-state index contributed by atoms with van der Waals surface area (Å²) in [5.74, 6) is -0.727. The molecule has 0 amide bonds. The Hall–Kier alpha value is -0.620. The van der Waals surface area contributed by atoms with E-state index in [4.69, 9.17) is 11.6 Å². The van der Waals surface area contributed by atoms with E-state index in [1.54, 1.807) is 0 Å². The monoisotopic (exact) mass is 222 g/mol. The number of methoxy groups -OCH3 is 1. The number of hydrogen-bond acceptors (Lipinski definition) is 5. The largest absolute Gasteiger partial charge is 0.466 e. The van der Waals surface area contributed by atoms with Crippen molar-refractivity contribution in [3.05, 3.63) is 11.6 Å². The lowest BCUT2D eigenvalue weighted by Gasteiger charge is -2.30. The van der Waals surface area contributed by atoms with Crippen molar-refractivity contribution in [2.75, 3.05) is 7.11 Å². The Kier molecular flexibility index (Phi) is 3.49. The number of aliphatic hydroxyl groups excluding tert-OH is 3. The number of ether oxygens (including phenoxy) is 1. The molecule has 0 aromatic carbocycles. The van der Waals surface area contributed by atoms with Gasteiger partial charge >= 0.3 is 5.97 Å². The summed E-state index contributed by atoms with van der Waals surface area (Å²) in [5, 5.41) is 26.7. The zero-order chi connectivity index (χ0) is 10.9. The van der Waals surface area contributed by atoms with Crippen molar-refractivity contribution in [1.82, 2.24) is 0 Å². The molecule has 6 heteroatoms. The molecule has 0 aromatic rings. The lowest BCUT2D eigenvalue weighted by atomic mass is 9.92. The first-order valence-corrected chi connectivity index (χ1v) is 4.41. The SMILES string of the molecule is COC(=O)C1=C[C@@H](O)[C@@H](O)[C@H](O)[C@@H]1Cl. The number of aliphatic hydroxyl groups is 3. The van der Waals surface area contributed by atoms with Gasteiger partial charge in [-0.1, -0.05) is 0 Å². The Labute approximate surface area is 85.6 Å². The predicted octanol–water partition coefficient (Wildman–Crippen LogP) is -1.21. The van der Waals surface area contributed by atoms with E-state index in [0.29, 0.717) is 0 Å². The molecule has 0 aliphatic heterocycles.